The van der Waals surface area contributed by atoms with Crippen LogP contribution in [0.5, 0.6) is 5.75 Å². The van der Waals surface area contributed by atoms with Gasteiger partial charge in [0.05, 0.1) is 22.6 Å². The Balaban J connectivity index is 2.01. The first kappa shape index (κ1) is 20.0. The first-order valence-corrected chi connectivity index (χ1v) is 10.1. The van der Waals surface area contributed by atoms with E-state index in [1.165, 1.54) is 12.8 Å². The number of hydrogen-bond donors (Lipinski definition) is 1. The van der Waals surface area contributed by atoms with Crippen LogP contribution in [0.25, 0.3) is 11.1 Å². The molecule has 1 N–H and O–H groups in total. The van der Waals surface area contributed by atoms with Crippen LogP contribution in [0.4, 0.5) is 0 Å². The molecule has 1 aliphatic carbocycles. The minimum absolute atomic E-state index is 0.283. The van der Waals surface area contributed by atoms with E-state index in [4.69, 9.17) is 27.9 Å². The van der Waals surface area contributed by atoms with Crippen molar-refractivity contribution in [1.29, 1.82) is 0 Å². The van der Waals surface area contributed by atoms with Crippen molar-refractivity contribution in [2.24, 2.45) is 11.8 Å². The van der Waals surface area contributed by atoms with Gasteiger partial charge >= 0.3 is 5.97 Å². The van der Waals surface area contributed by atoms with E-state index in [9.17, 15) is 9.90 Å². The number of hydrogen-bond acceptors (Lipinski definition) is 2. The first-order valence-electron chi connectivity index (χ1n) is 9.30. The summed E-state index contributed by atoms with van der Waals surface area (Å²) in [5.74, 6) is 0.293. The van der Waals surface area contributed by atoms with Gasteiger partial charge in [0.15, 0.2) is 0 Å². The predicted octanol–water partition coefficient (Wildman–Crippen LogP) is 6.66. The van der Waals surface area contributed by atoms with Crippen molar-refractivity contribution in [3.8, 4) is 16.9 Å². The van der Waals surface area contributed by atoms with Crippen molar-refractivity contribution in [3.05, 3.63) is 52.0 Å². The van der Waals surface area contributed by atoms with Crippen molar-refractivity contribution in [1.82, 2.24) is 0 Å². The molecule has 144 valence electrons. The summed E-state index contributed by atoms with van der Waals surface area (Å²) in [6.07, 6.45) is 2.99. The lowest BCUT2D eigenvalue weighted by Crippen LogP contribution is -2.14. The summed E-state index contributed by atoms with van der Waals surface area (Å²) in [6, 6.07) is 11.1. The van der Waals surface area contributed by atoms with Gasteiger partial charge < -0.3 is 9.84 Å². The Morgan fingerprint density at radius 2 is 1.89 bits per heavy atom. The van der Waals surface area contributed by atoms with Crippen molar-refractivity contribution in [2.45, 2.75) is 39.0 Å². The summed E-state index contributed by atoms with van der Waals surface area (Å²) in [6.45, 7) is 4.74. The zero-order valence-corrected chi connectivity index (χ0v) is 17.1. The molecule has 3 rings (SSSR count). The van der Waals surface area contributed by atoms with Crippen LogP contribution in [0, 0.1) is 11.8 Å². The quantitative estimate of drug-likeness (QED) is 0.532. The average molecular weight is 407 g/mol. The number of carboxylic acids is 1. The van der Waals surface area contributed by atoms with Crippen LogP contribution >= 0.6 is 23.2 Å². The summed E-state index contributed by atoms with van der Waals surface area (Å²) in [5, 5.41) is 10.7. The number of rotatable bonds is 8. The van der Waals surface area contributed by atoms with E-state index in [0.717, 1.165) is 22.4 Å². The van der Waals surface area contributed by atoms with Gasteiger partial charge in [-0.05, 0) is 66.5 Å². The summed E-state index contributed by atoms with van der Waals surface area (Å²) in [5.41, 5.74) is 2.49. The van der Waals surface area contributed by atoms with E-state index in [1.807, 2.05) is 38.1 Å². The van der Waals surface area contributed by atoms with Gasteiger partial charge in [-0.2, -0.15) is 0 Å². The highest BCUT2D eigenvalue weighted by atomic mass is 35.5. The number of aliphatic carboxylic acids is 1. The molecule has 0 aromatic heterocycles. The van der Waals surface area contributed by atoms with Gasteiger partial charge in [0, 0.05) is 5.56 Å². The van der Waals surface area contributed by atoms with Crippen molar-refractivity contribution < 1.29 is 14.6 Å². The molecule has 0 radical (unpaired) electrons. The molecule has 2 aromatic carbocycles. The third-order valence-electron chi connectivity index (χ3n) is 4.81. The zero-order chi connectivity index (χ0) is 19.6. The van der Waals surface area contributed by atoms with E-state index in [-0.39, 0.29) is 5.92 Å². The van der Waals surface area contributed by atoms with Gasteiger partial charge in [-0.1, -0.05) is 49.2 Å². The predicted molar refractivity (Wildman–Crippen MR) is 110 cm³/mol. The van der Waals surface area contributed by atoms with Gasteiger partial charge in [0.2, 0.25) is 0 Å². The van der Waals surface area contributed by atoms with E-state index in [0.29, 0.717) is 29.0 Å². The first-order chi connectivity index (χ1) is 12.8. The summed E-state index contributed by atoms with van der Waals surface area (Å²) in [7, 11) is 0. The largest absolute Gasteiger partial charge is 0.493 e. The Morgan fingerprint density at radius 1 is 1.15 bits per heavy atom. The van der Waals surface area contributed by atoms with Crippen LogP contribution in [0.15, 0.2) is 36.4 Å². The van der Waals surface area contributed by atoms with Crippen LogP contribution in [-0.2, 0) is 4.79 Å². The normalized spacial score (nSPS) is 15.0. The van der Waals surface area contributed by atoms with Gasteiger partial charge in [-0.25, -0.2) is 0 Å². The monoisotopic (exact) mass is 406 g/mol. The number of carbonyl (C=O) groups is 1. The molecule has 1 atom stereocenters. The maximum atomic E-state index is 11.8. The topological polar surface area (TPSA) is 46.5 Å². The maximum Gasteiger partial charge on any atom is 0.310 e. The van der Waals surface area contributed by atoms with Gasteiger partial charge in [0.25, 0.3) is 0 Å². The van der Waals surface area contributed by atoms with Crippen molar-refractivity contribution >= 4 is 29.2 Å². The number of carboxylic acid groups (broad SMARTS) is 1. The molecule has 1 unspecified atom stereocenters. The maximum absolute atomic E-state index is 11.8. The highest BCUT2D eigenvalue weighted by Gasteiger charge is 2.25. The molecule has 2 aromatic rings. The molecule has 0 bridgehead atoms. The Morgan fingerprint density at radius 3 is 2.48 bits per heavy atom. The standard InChI is InChI=1S/C22H24Cl2O3/c1-13(2)9-18(22(25)26)15-6-8-21(27-12-14-3-4-14)17(10-15)16-5-7-19(23)20(24)11-16/h5-8,10-11,13-14,18H,3-4,9,12H2,1-2H3,(H,25,26). The lowest BCUT2D eigenvalue weighted by molar-refractivity contribution is -0.139. The van der Waals surface area contributed by atoms with E-state index < -0.39 is 11.9 Å². The summed E-state index contributed by atoms with van der Waals surface area (Å²) in [4.78, 5) is 11.8. The molecule has 0 saturated heterocycles. The second kappa shape index (κ2) is 8.53. The molecule has 0 heterocycles. The fraction of sp³-hybridized carbons (Fsp3) is 0.409. The minimum atomic E-state index is -0.810. The van der Waals surface area contributed by atoms with Gasteiger partial charge in [0.1, 0.15) is 5.75 Å². The molecule has 0 amide bonds. The fourth-order valence-corrected chi connectivity index (χ4v) is 3.42. The van der Waals surface area contributed by atoms with Crippen LogP contribution in [0.2, 0.25) is 10.0 Å². The molecule has 1 saturated carbocycles. The Hall–Kier alpha value is -1.71. The highest BCUT2D eigenvalue weighted by molar-refractivity contribution is 6.42. The molecule has 27 heavy (non-hydrogen) atoms. The average Bonchev–Trinajstić information content (AvgIpc) is 3.44. The van der Waals surface area contributed by atoms with Gasteiger partial charge in [-0.3, -0.25) is 4.79 Å². The minimum Gasteiger partial charge on any atom is -0.493 e. The van der Waals surface area contributed by atoms with Crippen LogP contribution in [-0.4, -0.2) is 17.7 Å². The summed E-state index contributed by atoms with van der Waals surface area (Å²) >= 11 is 12.3. The van der Waals surface area contributed by atoms with E-state index >= 15 is 0 Å². The lowest BCUT2D eigenvalue weighted by Gasteiger charge is -2.19. The van der Waals surface area contributed by atoms with E-state index in [2.05, 4.69) is 0 Å². The molecular weight excluding hydrogens is 383 g/mol. The molecule has 0 aliphatic heterocycles. The third kappa shape index (κ3) is 5.18. The van der Waals surface area contributed by atoms with Crippen LogP contribution in [0.1, 0.15) is 44.6 Å². The zero-order valence-electron chi connectivity index (χ0n) is 15.5. The Kier molecular flexibility index (Phi) is 6.33. The highest BCUT2D eigenvalue weighted by Crippen LogP contribution is 2.38. The molecule has 3 nitrogen and oxygen atoms in total. The van der Waals surface area contributed by atoms with Crippen LogP contribution < -0.4 is 4.74 Å². The molecule has 1 aliphatic rings. The second-order valence-electron chi connectivity index (χ2n) is 7.66. The molecule has 1 fully saturated rings. The van der Waals surface area contributed by atoms with E-state index in [1.54, 1.807) is 12.1 Å². The molecule has 0 spiro atoms. The number of benzene rings is 2. The van der Waals surface area contributed by atoms with Crippen molar-refractivity contribution in [3.63, 3.8) is 0 Å². The number of halogens is 2. The lowest BCUT2D eigenvalue weighted by atomic mass is 9.88. The second-order valence-corrected chi connectivity index (χ2v) is 8.47. The fourth-order valence-electron chi connectivity index (χ4n) is 3.12. The van der Waals surface area contributed by atoms with Crippen molar-refractivity contribution in [2.75, 3.05) is 6.61 Å². The Labute approximate surface area is 170 Å². The van der Waals surface area contributed by atoms with Crippen LogP contribution in [0.3, 0.4) is 0 Å². The SMILES string of the molecule is CC(C)CC(C(=O)O)c1ccc(OCC2CC2)c(-c2ccc(Cl)c(Cl)c2)c1. The molecule has 5 heteroatoms. The smallest absolute Gasteiger partial charge is 0.310 e. The third-order valence-corrected chi connectivity index (χ3v) is 5.55. The number of ether oxygens (including phenoxy) is 1. The Bertz CT molecular complexity index is 828. The van der Waals surface area contributed by atoms with Gasteiger partial charge in [-0.15, -0.1) is 0 Å². The molecular formula is C22H24Cl2O3. The summed E-state index contributed by atoms with van der Waals surface area (Å²) < 4.78 is 6.04.